The van der Waals surface area contributed by atoms with Crippen molar-refractivity contribution < 1.29 is 132 Å². The Morgan fingerprint density at radius 3 is 0.459 bits per heavy atom. The molecule has 0 saturated heterocycles. The van der Waals surface area contributed by atoms with Crippen molar-refractivity contribution in [1.82, 2.24) is 15.4 Å². The average molecular weight is 1280 g/mol. The van der Waals surface area contributed by atoms with Gasteiger partial charge in [0, 0.05) is 11.1 Å². The molecular formula is C50H10Al2F30N3-. The first kappa shape index (κ1) is 64.4. The highest BCUT2D eigenvalue weighted by Crippen LogP contribution is 2.29. The molecule has 3 nitrogen and oxygen atoms in total. The van der Waals surface area contributed by atoms with Crippen LogP contribution in [0.1, 0.15) is 0 Å². The van der Waals surface area contributed by atoms with E-state index in [2.05, 4.69) is 15.4 Å². The topological polar surface area (TPSA) is 39.9 Å². The molecular weight excluding hydrogens is 1270 g/mol. The van der Waals surface area contributed by atoms with Crippen molar-refractivity contribution in [3.8, 4) is 22.5 Å². The summed E-state index contributed by atoms with van der Waals surface area (Å²) in [4.78, 5) is 0. The highest BCUT2D eigenvalue weighted by Gasteiger charge is 2.49. The summed E-state index contributed by atoms with van der Waals surface area (Å²) in [5.41, 5.74) is 3.74. The van der Waals surface area contributed by atoms with Crippen LogP contribution in [0.15, 0.2) is 60.7 Å². The maximum absolute atomic E-state index is 14.4. The number of hydrogen-bond acceptors (Lipinski definition) is 2. The third-order valence-electron chi connectivity index (χ3n) is 11.8. The molecule has 0 radical (unpaired) electrons. The Labute approximate surface area is 458 Å². The molecule has 0 spiro atoms. The van der Waals surface area contributed by atoms with Crippen molar-refractivity contribution in [3.63, 3.8) is 0 Å². The van der Waals surface area contributed by atoms with Crippen LogP contribution in [0.2, 0.25) is 0 Å². The average Bonchev–Trinajstić information content (AvgIpc) is 1.54. The molecule has 442 valence electrons. The number of aromatic nitrogens is 3. The molecule has 0 N–H and O–H groups in total. The summed E-state index contributed by atoms with van der Waals surface area (Å²) in [5, 5.41) is 12.0. The zero-order valence-electron chi connectivity index (χ0n) is 39.6. The van der Waals surface area contributed by atoms with Gasteiger partial charge in [0.15, 0.2) is 175 Å². The molecule has 0 aliphatic rings. The van der Waals surface area contributed by atoms with E-state index in [0.29, 0.717) is 0 Å². The smallest absolute Gasteiger partial charge is 0.413 e. The first-order chi connectivity index (χ1) is 39.8. The Hall–Kier alpha value is -8.14. The molecule has 0 aliphatic carbocycles. The van der Waals surface area contributed by atoms with Crippen molar-refractivity contribution in [1.29, 1.82) is 0 Å². The minimum Gasteiger partial charge on any atom is -0.492 e. The van der Waals surface area contributed by atoms with Crippen LogP contribution < -0.4 is 31.8 Å². The van der Waals surface area contributed by atoms with Gasteiger partial charge >= 0.3 is 28.3 Å². The molecule has 8 aromatic carbocycles. The molecule has 0 atom stereocenters. The molecule has 35 heteroatoms. The normalized spacial score (nSPS) is 11.2. The maximum Gasteiger partial charge on any atom is 0.413 e. The molecule has 0 bridgehead atoms. The van der Waals surface area contributed by atoms with Crippen LogP contribution in [0.25, 0.3) is 22.5 Å². The van der Waals surface area contributed by atoms with E-state index in [1.807, 2.05) is 60.7 Å². The van der Waals surface area contributed by atoms with Crippen LogP contribution in [0.3, 0.4) is 0 Å². The lowest BCUT2D eigenvalue weighted by Crippen LogP contribution is -2.60. The van der Waals surface area contributed by atoms with Gasteiger partial charge in [-0.3, -0.25) is 0 Å². The molecule has 9 aromatic rings. The number of rotatable bonds is 8. The van der Waals surface area contributed by atoms with Gasteiger partial charge in [0.05, 0.1) is 11.4 Å². The molecule has 1 aromatic heterocycles. The first-order valence-electron chi connectivity index (χ1n) is 21.8. The molecule has 85 heavy (non-hydrogen) atoms. The molecule has 1 heterocycles. The van der Waals surface area contributed by atoms with E-state index in [1.165, 1.54) is 0 Å². The van der Waals surface area contributed by atoms with Gasteiger partial charge in [-0.25, -0.2) is 132 Å². The first-order valence-corrected chi connectivity index (χ1v) is 25.3. The van der Waals surface area contributed by atoms with Gasteiger partial charge in [0.1, 0.15) is 0 Å². The highest BCUT2D eigenvalue weighted by atomic mass is 27.2. The largest absolute Gasteiger partial charge is 0.492 e. The van der Waals surface area contributed by atoms with E-state index >= 15 is 0 Å². The monoisotopic (exact) mass is 1280 g/mol. The second-order valence-corrected chi connectivity index (χ2v) is 21.7. The van der Waals surface area contributed by atoms with Crippen LogP contribution in [0, 0.1) is 175 Å². The van der Waals surface area contributed by atoms with Crippen LogP contribution in [-0.4, -0.2) is 38.5 Å². The Bertz CT molecular complexity index is 3400. The fourth-order valence-electron chi connectivity index (χ4n) is 7.91. The van der Waals surface area contributed by atoms with Gasteiger partial charge < -0.3 is 15.4 Å². The quantitative estimate of drug-likeness (QED) is 0.0659. The molecule has 0 fully saturated rings. The van der Waals surface area contributed by atoms with E-state index in [4.69, 9.17) is 0 Å². The number of benzene rings is 8. The van der Waals surface area contributed by atoms with Crippen molar-refractivity contribution in [3.05, 3.63) is 235 Å². The maximum atomic E-state index is 14.4. The summed E-state index contributed by atoms with van der Waals surface area (Å²) in [7, 11) is 0. The van der Waals surface area contributed by atoms with Crippen molar-refractivity contribution >= 4 is 54.8 Å². The minimum absolute atomic E-state index is 0.830. The zero-order chi connectivity index (χ0) is 63.4. The summed E-state index contributed by atoms with van der Waals surface area (Å²) in [5.74, 6) is -89.2. The Morgan fingerprint density at radius 2 is 0.318 bits per heavy atom. The molecule has 0 unspecified atom stereocenters. The van der Waals surface area contributed by atoms with Crippen molar-refractivity contribution in [2.75, 3.05) is 0 Å². The van der Waals surface area contributed by atoms with Gasteiger partial charge in [0.2, 0.25) is 0 Å². The Balaban J connectivity index is 0.000000192. The summed E-state index contributed by atoms with van der Waals surface area (Å²) < 4.78 is 403. The van der Waals surface area contributed by atoms with Gasteiger partial charge in [-0.2, -0.15) is 0 Å². The fourth-order valence-corrected chi connectivity index (χ4v) is 14.2. The SMILES string of the molecule is Fc1c(F)c(F)[c]([Al]([c]2c(F)c(F)c(F)c(F)c2F)[c]2c(F)c(F)c(F)c(F)c2F)c(F)c1F.Fc1c(F)c(F)[c]([Al]([c]2c(F)c(F)c(F)c(F)c2F)[c]2c(F)c(F)c(F)c(F)c2F)c(F)c1F.c1ccc(-c2n[n-]nc2-c2ccccc2)cc1. The van der Waals surface area contributed by atoms with Crippen LogP contribution in [0.5, 0.6) is 0 Å². The van der Waals surface area contributed by atoms with Crippen LogP contribution in [0.4, 0.5) is 132 Å². The fraction of sp³-hybridized carbons (Fsp3) is 0. The van der Waals surface area contributed by atoms with Crippen molar-refractivity contribution in [2.24, 2.45) is 0 Å². The zero-order valence-corrected chi connectivity index (χ0v) is 41.9. The summed E-state index contributed by atoms with van der Waals surface area (Å²) in [6.07, 6.45) is 0. The van der Waals surface area contributed by atoms with Gasteiger partial charge in [-0.1, -0.05) is 60.7 Å². The van der Waals surface area contributed by atoms with Gasteiger partial charge in [-0.05, 0) is 26.6 Å². The number of halogens is 30. The summed E-state index contributed by atoms with van der Waals surface area (Å²) in [6.45, 7) is 0. The molecule has 9 rings (SSSR count). The lowest BCUT2D eigenvalue weighted by Gasteiger charge is -2.20. The Kier molecular flexibility index (Phi) is 18.8. The molecule has 0 saturated carbocycles. The van der Waals surface area contributed by atoms with Crippen molar-refractivity contribution in [2.45, 2.75) is 0 Å². The van der Waals surface area contributed by atoms with Crippen LogP contribution >= 0.6 is 0 Å². The van der Waals surface area contributed by atoms with E-state index in [-0.39, 0.29) is 0 Å². The van der Waals surface area contributed by atoms with Crippen LogP contribution in [-0.2, 0) is 0 Å². The van der Waals surface area contributed by atoms with Gasteiger partial charge in [0.25, 0.3) is 0 Å². The predicted molar refractivity (Wildman–Crippen MR) is 233 cm³/mol. The third kappa shape index (κ3) is 11.0. The minimum atomic E-state index is -5.96. The van der Waals surface area contributed by atoms with E-state index < -0.39 is 229 Å². The summed E-state index contributed by atoms with van der Waals surface area (Å²) >= 11 is -11.9. The highest BCUT2D eigenvalue weighted by molar-refractivity contribution is 6.96. The van der Waals surface area contributed by atoms with E-state index in [0.717, 1.165) is 22.5 Å². The van der Waals surface area contributed by atoms with Gasteiger partial charge in [-0.15, -0.1) is 0 Å². The second kappa shape index (κ2) is 24.8. The molecule has 0 amide bonds. The second-order valence-electron chi connectivity index (χ2n) is 16.5. The van der Waals surface area contributed by atoms with E-state index in [9.17, 15) is 132 Å². The molecule has 0 aliphatic heterocycles. The number of hydrogen-bond donors (Lipinski definition) is 0. The number of nitrogens with zero attached hydrogens (tertiary/aromatic N) is 3. The standard InChI is InChI=1S/C14H10N3.6C6F5.2Al/c1-3-7-11(8-4-1)13-14(16-17-15-13)12-9-5-2-6-10-12;6*7-2-1-3(8)5(10)6(11)4(2)9;;/h1-10H;;;;;;;;/q-1;;;;;;;;. The predicted octanol–water partition coefficient (Wildman–Crippen LogP) is 11.3. The lowest BCUT2D eigenvalue weighted by atomic mass is 10.1. The third-order valence-corrected chi connectivity index (χ3v) is 18.3. The van der Waals surface area contributed by atoms with E-state index in [1.54, 1.807) is 0 Å². The lowest BCUT2D eigenvalue weighted by molar-refractivity contribution is 0.380. The summed E-state index contributed by atoms with van der Waals surface area (Å²) in [6, 6.07) is 20.0. The Morgan fingerprint density at radius 1 is 0.188 bits per heavy atom.